The van der Waals surface area contributed by atoms with Crippen LogP contribution in [0.3, 0.4) is 0 Å². The Labute approximate surface area is 109 Å². The second kappa shape index (κ2) is 5.68. The smallest absolute Gasteiger partial charge is 0.252 e. The number of benzene rings is 1. The van der Waals surface area contributed by atoms with Crippen LogP contribution >= 0.6 is 23.2 Å². The van der Waals surface area contributed by atoms with Crippen LogP contribution in [0.25, 0.3) is 0 Å². The average Bonchev–Trinajstić information content (AvgIpc) is 2.20. The molecule has 0 spiro atoms. The summed E-state index contributed by atoms with van der Waals surface area (Å²) < 4.78 is 21.3. The van der Waals surface area contributed by atoms with Crippen LogP contribution in [0.5, 0.6) is 0 Å². The fourth-order valence-electron chi connectivity index (χ4n) is 1.08. The minimum Gasteiger partial charge on any atom is -0.351 e. The van der Waals surface area contributed by atoms with Gasteiger partial charge in [-0.05, 0) is 12.1 Å². The van der Waals surface area contributed by atoms with Crippen LogP contribution in [-0.4, -0.2) is 26.6 Å². The molecule has 0 saturated carbocycles. The lowest BCUT2D eigenvalue weighted by Crippen LogP contribution is -2.31. The molecule has 5 nitrogen and oxygen atoms in total. The summed E-state index contributed by atoms with van der Waals surface area (Å²) in [5.41, 5.74) is 0.189. The summed E-state index contributed by atoms with van der Waals surface area (Å²) in [5, 5.41) is 7.55. The van der Waals surface area contributed by atoms with Gasteiger partial charge >= 0.3 is 0 Å². The molecular weight excluding hydrogens is 287 g/mol. The summed E-state index contributed by atoms with van der Waals surface area (Å²) >= 11 is 11.6. The lowest BCUT2D eigenvalue weighted by Gasteiger charge is -2.06. The van der Waals surface area contributed by atoms with Gasteiger partial charge in [0.2, 0.25) is 10.0 Å². The van der Waals surface area contributed by atoms with Crippen LogP contribution in [-0.2, 0) is 10.0 Å². The number of rotatable bonds is 4. The minimum absolute atomic E-state index is 0.0828. The summed E-state index contributed by atoms with van der Waals surface area (Å²) in [6, 6.07) is 4.61. The highest BCUT2D eigenvalue weighted by molar-refractivity contribution is 7.89. The molecule has 0 aliphatic rings. The van der Waals surface area contributed by atoms with Gasteiger partial charge in [0.05, 0.1) is 21.4 Å². The van der Waals surface area contributed by atoms with E-state index in [-0.39, 0.29) is 27.9 Å². The number of nitrogens with two attached hydrogens (primary N) is 1. The normalized spacial score (nSPS) is 11.2. The summed E-state index contributed by atoms with van der Waals surface area (Å²) in [6.07, 6.45) is 0. The van der Waals surface area contributed by atoms with E-state index in [9.17, 15) is 13.2 Å². The van der Waals surface area contributed by atoms with Crippen molar-refractivity contribution in [1.29, 1.82) is 0 Å². The number of nitrogens with one attached hydrogen (secondary N) is 1. The Hall–Kier alpha value is -0.820. The lowest BCUT2D eigenvalue weighted by molar-refractivity contribution is 0.0956. The number of halogens is 2. The summed E-state index contributed by atoms with van der Waals surface area (Å²) in [5.74, 6) is -0.835. The van der Waals surface area contributed by atoms with Gasteiger partial charge in [-0.2, -0.15) is 0 Å². The molecule has 0 saturated heterocycles. The minimum atomic E-state index is -3.59. The monoisotopic (exact) mass is 296 g/mol. The van der Waals surface area contributed by atoms with Crippen molar-refractivity contribution in [1.82, 2.24) is 5.32 Å². The first kappa shape index (κ1) is 14.2. The molecule has 1 amide bonds. The molecule has 0 bridgehead atoms. The molecule has 0 aliphatic heterocycles. The highest BCUT2D eigenvalue weighted by Gasteiger charge is 2.12. The SMILES string of the molecule is NS(=O)(=O)CCNC(=O)c1cccc(Cl)c1Cl. The zero-order chi connectivity index (χ0) is 13.1. The first-order valence-electron chi connectivity index (χ1n) is 4.54. The third kappa shape index (κ3) is 4.51. The number of hydrogen-bond donors (Lipinski definition) is 2. The second-order valence-corrected chi connectivity index (χ2v) is 5.74. The Morgan fingerprint density at radius 1 is 1.35 bits per heavy atom. The van der Waals surface area contributed by atoms with Crippen molar-refractivity contribution in [3.05, 3.63) is 33.8 Å². The molecule has 0 fully saturated rings. The molecule has 0 aliphatic carbocycles. The van der Waals surface area contributed by atoms with Crippen molar-refractivity contribution in [3.63, 3.8) is 0 Å². The van der Waals surface area contributed by atoms with E-state index in [2.05, 4.69) is 5.32 Å². The van der Waals surface area contributed by atoms with Gasteiger partial charge in [0, 0.05) is 6.54 Å². The van der Waals surface area contributed by atoms with Crippen molar-refractivity contribution in [2.75, 3.05) is 12.3 Å². The Balaban J connectivity index is 2.68. The van der Waals surface area contributed by atoms with Gasteiger partial charge < -0.3 is 5.32 Å². The van der Waals surface area contributed by atoms with Gasteiger partial charge in [-0.25, -0.2) is 13.6 Å². The van der Waals surface area contributed by atoms with Crippen molar-refractivity contribution in [2.45, 2.75) is 0 Å². The molecule has 1 aromatic rings. The van der Waals surface area contributed by atoms with E-state index in [1.165, 1.54) is 6.07 Å². The van der Waals surface area contributed by atoms with Gasteiger partial charge in [-0.3, -0.25) is 4.79 Å². The molecule has 0 atom stereocenters. The topological polar surface area (TPSA) is 89.3 Å². The van der Waals surface area contributed by atoms with Gasteiger partial charge in [-0.1, -0.05) is 29.3 Å². The number of carbonyl (C=O) groups is 1. The molecule has 1 rings (SSSR count). The predicted molar refractivity (Wildman–Crippen MR) is 66.8 cm³/mol. The first-order valence-corrected chi connectivity index (χ1v) is 7.01. The molecule has 0 aromatic heterocycles. The lowest BCUT2D eigenvalue weighted by atomic mass is 10.2. The molecule has 3 N–H and O–H groups in total. The van der Waals surface area contributed by atoms with E-state index >= 15 is 0 Å². The number of carbonyl (C=O) groups excluding carboxylic acids is 1. The molecule has 17 heavy (non-hydrogen) atoms. The third-order valence-corrected chi connectivity index (χ3v) is 3.46. The molecule has 0 heterocycles. The largest absolute Gasteiger partial charge is 0.351 e. The van der Waals surface area contributed by atoms with Gasteiger partial charge in [-0.15, -0.1) is 0 Å². The molecule has 94 valence electrons. The van der Waals surface area contributed by atoms with Crippen molar-refractivity contribution in [3.8, 4) is 0 Å². The van der Waals surface area contributed by atoms with Gasteiger partial charge in [0.25, 0.3) is 5.91 Å². The molecule has 0 unspecified atom stereocenters. The maximum Gasteiger partial charge on any atom is 0.252 e. The quantitative estimate of drug-likeness (QED) is 0.869. The van der Waals surface area contributed by atoms with Crippen LogP contribution in [0.4, 0.5) is 0 Å². The first-order chi connectivity index (χ1) is 7.81. The highest BCUT2D eigenvalue weighted by Crippen LogP contribution is 2.25. The standard InChI is InChI=1S/C9H10Cl2N2O3S/c10-7-3-1-2-6(8(7)11)9(14)13-4-5-17(12,15)16/h1-3H,4-5H2,(H,13,14)(H2,12,15,16). The van der Waals surface area contributed by atoms with E-state index in [1.54, 1.807) is 12.1 Å². The Kier molecular flexibility index (Phi) is 4.76. The van der Waals surface area contributed by atoms with Crippen LogP contribution in [0.2, 0.25) is 10.0 Å². The van der Waals surface area contributed by atoms with Crippen molar-refractivity contribution in [2.24, 2.45) is 5.14 Å². The van der Waals surface area contributed by atoms with Crippen molar-refractivity contribution >= 4 is 39.1 Å². The van der Waals surface area contributed by atoms with Crippen LogP contribution in [0.1, 0.15) is 10.4 Å². The fraction of sp³-hybridized carbons (Fsp3) is 0.222. The van der Waals surface area contributed by atoms with E-state index in [0.717, 1.165) is 0 Å². The number of hydrogen-bond acceptors (Lipinski definition) is 3. The molecular formula is C9H10Cl2N2O3S. The Morgan fingerprint density at radius 3 is 2.59 bits per heavy atom. The van der Waals surface area contributed by atoms with Gasteiger partial charge in [0.15, 0.2) is 0 Å². The van der Waals surface area contributed by atoms with Crippen molar-refractivity contribution < 1.29 is 13.2 Å². The molecule has 8 heteroatoms. The van der Waals surface area contributed by atoms with E-state index in [1.807, 2.05) is 0 Å². The van der Waals surface area contributed by atoms with E-state index in [4.69, 9.17) is 28.3 Å². The fourth-order valence-corrected chi connectivity index (χ4v) is 1.85. The summed E-state index contributed by atoms with van der Waals surface area (Å²) in [7, 11) is -3.59. The second-order valence-electron chi connectivity index (χ2n) is 3.22. The Bertz CT molecular complexity index is 531. The maximum atomic E-state index is 11.6. The van der Waals surface area contributed by atoms with E-state index < -0.39 is 15.9 Å². The number of amides is 1. The number of primary sulfonamides is 1. The molecule has 0 radical (unpaired) electrons. The van der Waals surface area contributed by atoms with Crippen LogP contribution in [0.15, 0.2) is 18.2 Å². The van der Waals surface area contributed by atoms with Gasteiger partial charge in [0.1, 0.15) is 0 Å². The predicted octanol–water partition coefficient (Wildman–Crippen LogP) is 1.01. The highest BCUT2D eigenvalue weighted by atomic mass is 35.5. The zero-order valence-electron chi connectivity index (χ0n) is 8.61. The van der Waals surface area contributed by atoms with Crippen LogP contribution < -0.4 is 10.5 Å². The van der Waals surface area contributed by atoms with Crippen LogP contribution in [0, 0.1) is 0 Å². The van der Waals surface area contributed by atoms with E-state index in [0.29, 0.717) is 0 Å². The number of sulfonamides is 1. The third-order valence-electron chi connectivity index (χ3n) is 1.87. The zero-order valence-corrected chi connectivity index (χ0v) is 10.9. The molecule has 1 aromatic carbocycles. The summed E-state index contributed by atoms with van der Waals surface area (Å²) in [6.45, 7) is -0.0828. The summed E-state index contributed by atoms with van der Waals surface area (Å²) in [4.78, 5) is 11.6. The maximum absolute atomic E-state index is 11.6. The average molecular weight is 297 g/mol. The Morgan fingerprint density at radius 2 is 2.00 bits per heavy atom.